The van der Waals surface area contributed by atoms with Crippen LogP contribution in [0.4, 0.5) is 21.7 Å². The second-order valence-electron chi connectivity index (χ2n) is 10.6. The number of ether oxygens (including phenoxy) is 1. The van der Waals surface area contributed by atoms with Crippen LogP contribution in [0.15, 0.2) is 53.7 Å². The number of rotatable bonds is 9. The van der Waals surface area contributed by atoms with E-state index in [1.165, 1.54) is 30.8 Å². The van der Waals surface area contributed by atoms with Crippen LogP contribution in [0, 0.1) is 18.7 Å². The summed E-state index contributed by atoms with van der Waals surface area (Å²) in [7, 11) is 0. The van der Waals surface area contributed by atoms with E-state index < -0.39 is 5.82 Å². The van der Waals surface area contributed by atoms with Crippen molar-refractivity contribution in [3.63, 3.8) is 0 Å². The summed E-state index contributed by atoms with van der Waals surface area (Å²) in [5.41, 5.74) is 3.73. The zero-order valence-electron chi connectivity index (χ0n) is 23.8. The predicted molar refractivity (Wildman–Crippen MR) is 160 cm³/mol. The van der Waals surface area contributed by atoms with Crippen molar-refractivity contribution in [1.82, 2.24) is 20.0 Å². The summed E-state index contributed by atoms with van der Waals surface area (Å²) in [5.74, 6) is 2.75. The molecule has 0 saturated carbocycles. The molecule has 2 aliphatic rings. The molecule has 2 aromatic heterocycles. The van der Waals surface area contributed by atoms with Crippen molar-refractivity contribution in [2.45, 2.75) is 59.8 Å². The van der Waals surface area contributed by atoms with Crippen LogP contribution in [0.1, 0.15) is 57.6 Å². The van der Waals surface area contributed by atoms with Crippen LogP contribution in [0.3, 0.4) is 0 Å². The molecule has 1 unspecified atom stereocenters. The highest BCUT2D eigenvalue weighted by Gasteiger charge is 2.23. The smallest absolute Gasteiger partial charge is 0.160 e. The lowest BCUT2D eigenvalue weighted by molar-refractivity contribution is 0.392. The average Bonchev–Trinajstić information content (AvgIpc) is 3.10. The van der Waals surface area contributed by atoms with Crippen LogP contribution in [0.2, 0.25) is 0 Å². The Morgan fingerprint density at radius 1 is 1.23 bits per heavy atom. The quantitative estimate of drug-likeness (QED) is 0.232. The standard InChI is InChI=1S/C31H38FN7O/c1-5-7-8-13-38-19-21(3)9-10-23-17-27-29(37-31(23)38)30(34-20-33-27)36-26-16-22(4)28(18-25(26)32)40-24-11-14-39(15-12-24)35-6-2/h6,11-12,14,16-18,20-21H,5,7-10,13,15,19H2,1-4H3,(H,33,34,36)/b35-6-. The maximum atomic E-state index is 15.4. The number of unbranched alkanes of at least 4 members (excludes halogenated alkanes) is 2. The Balaban J connectivity index is 1.41. The second-order valence-corrected chi connectivity index (χ2v) is 10.6. The summed E-state index contributed by atoms with van der Waals surface area (Å²) < 4.78 is 21.3. The van der Waals surface area contributed by atoms with E-state index in [1.807, 2.05) is 32.2 Å². The number of benzene rings is 1. The van der Waals surface area contributed by atoms with Crippen LogP contribution in [-0.2, 0) is 6.42 Å². The number of aromatic nitrogens is 3. The number of aryl methyl sites for hydroxylation is 2. The Bertz CT molecular complexity index is 1450. The molecule has 40 heavy (non-hydrogen) atoms. The van der Waals surface area contributed by atoms with Gasteiger partial charge in [-0.1, -0.05) is 26.7 Å². The molecule has 5 rings (SSSR count). The van der Waals surface area contributed by atoms with Crippen LogP contribution in [0.25, 0.3) is 11.0 Å². The summed E-state index contributed by atoms with van der Waals surface area (Å²) in [6.45, 7) is 10.8. The Morgan fingerprint density at radius 2 is 2.10 bits per heavy atom. The summed E-state index contributed by atoms with van der Waals surface area (Å²) in [6.07, 6.45) is 14.4. The van der Waals surface area contributed by atoms with Gasteiger partial charge in [-0.25, -0.2) is 19.3 Å². The molecule has 0 bridgehead atoms. The van der Waals surface area contributed by atoms with Gasteiger partial charge < -0.3 is 15.0 Å². The van der Waals surface area contributed by atoms with Crippen molar-refractivity contribution in [1.29, 1.82) is 0 Å². The fraction of sp³-hybridized carbons (Fsp3) is 0.419. The zero-order valence-corrected chi connectivity index (χ0v) is 23.8. The van der Waals surface area contributed by atoms with Gasteiger partial charge in [0.05, 0.1) is 17.7 Å². The number of allylic oxidation sites excluding steroid dienone is 1. The first-order chi connectivity index (χ1) is 19.4. The van der Waals surface area contributed by atoms with Gasteiger partial charge in [0.2, 0.25) is 0 Å². The molecule has 9 heteroatoms. The van der Waals surface area contributed by atoms with Crippen molar-refractivity contribution < 1.29 is 9.13 Å². The summed E-state index contributed by atoms with van der Waals surface area (Å²) in [6, 6.07) is 5.27. The van der Waals surface area contributed by atoms with Crippen molar-refractivity contribution in [3.8, 4) is 5.75 Å². The Morgan fingerprint density at radius 3 is 2.88 bits per heavy atom. The summed E-state index contributed by atoms with van der Waals surface area (Å²) in [4.78, 5) is 16.5. The normalized spacial score (nSPS) is 17.2. The van der Waals surface area contributed by atoms with Gasteiger partial charge in [0.25, 0.3) is 0 Å². The number of nitrogens with zero attached hydrogens (tertiary/aromatic N) is 6. The number of pyridine rings is 1. The van der Waals surface area contributed by atoms with E-state index in [0.717, 1.165) is 49.2 Å². The monoisotopic (exact) mass is 543 g/mol. The number of anilines is 3. The minimum absolute atomic E-state index is 0.312. The van der Waals surface area contributed by atoms with E-state index in [9.17, 15) is 0 Å². The third-order valence-electron chi connectivity index (χ3n) is 7.34. The first-order valence-corrected chi connectivity index (χ1v) is 14.2. The lowest BCUT2D eigenvalue weighted by Crippen LogP contribution is -2.29. The van der Waals surface area contributed by atoms with E-state index in [2.05, 4.69) is 45.2 Å². The first kappa shape index (κ1) is 27.6. The van der Waals surface area contributed by atoms with Crippen LogP contribution < -0.4 is 15.0 Å². The largest absolute Gasteiger partial charge is 0.457 e. The molecule has 1 N–H and O–H groups in total. The van der Waals surface area contributed by atoms with Gasteiger partial charge in [0, 0.05) is 31.6 Å². The predicted octanol–water partition coefficient (Wildman–Crippen LogP) is 6.89. The number of hydrogen-bond acceptors (Lipinski definition) is 8. The third kappa shape index (κ3) is 6.24. The summed E-state index contributed by atoms with van der Waals surface area (Å²) in [5, 5.41) is 9.20. The number of halogens is 1. The van der Waals surface area contributed by atoms with Gasteiger partial charge >= 0.3 is 0 Å². The molecule has 3 aromatic rings. The minimum atomic E-state index is -0.435. The van der Waals surface area contributed by atoms with E-state index in [1.54, 1.807) is 17.3 Å². The fourth-order valence-electron chi connectivity index (χ4n) is 5.18. The lowest BCUT2D eigenvalue weighted by atomic mass is 10.0. The minimum Gasteiger partial charge on any atom is -0.457 e. The van der Waals surface area contributed by atoms with E-state index >= 15 is 4.39 Å². The molecule has 0 saturated heterocycles. The van der Waals surface area contributed by atoms with E-state index in [4.69, 9.17) is 9.72 Å². The molecule has 0 radical (unpaired) electrons. The lowest BCUT2D eigenvalue weighted by Gasteiger charge is -2.26. The molecular weight excluding hydrogens is 505 g/mol. The first-order valence-electron chi connectivity index (χ1n) is 14.2. The maximum absolute atomic E-state index is 15.4. The Labute approximate surface area is 235 Å². The number of hydrogen-bond donors (Lipinski definition) is 1. The van der Waals surface area contributed by atoms with Gasteiger partial charge in [-0.15, -0.1) is 0 Å². The Kier molecular flexibility index (Phi) is 8.57. The molecule has 1 atom stereocenters. The van der Waals surface area contributed by atoms with E-state index in [-0.39, 0.29) is 0 Å². The van der Waals surface area contributed by atoms with Crippen LogP contribution in [-0.4, -0.2) is 45.8 Å². The Hall–Kier alpha value is -4.01. The average molecular weight is 544 g/mol. The molecule has 210 valence electrons. The van der Waals surface area contributed by atoms with Crippen LogP contribution in [0.5, 0.6) is 5.75 Å². The summed E-state index contributed by atoms with van der Waals surface area (Å²) >= 11 is 0. The van der Waals surface area contributed by atoms with Crippen molar-refractivity contribution in [3.05, 3.63) is 65.6 Å². The van der Waals surface area contributed by atoms with Gasteiger partial charge in [-0.3, -0.25) is 5.01 Å². The van der Waals surface area contributed by atoms with Crippen LogP contribution >= 0.6 is 0 Å². The number of hydrazone groups is 1. The second kappa shape index (κ2) is 12.4. The van der Waals surface area contributed by atoms with Crippen molar-refractivity contribution in [2.75, 3.05) is 29.9 Å². The highest BCUT2D eigenvalue weighted by atomic mass is 19.1. The molecule has 8 nitrogen and oxygen atoms in total. The number of fused-ring (bicyclic) bond motifs is 2. The third-order valence-corrected chi connectivity index (χ3v) is 7.34. The molecule has 4 heterocycles. The zero-order chi connectivity index (χ0) is 28.1. The SMILES string of the molecule is C/C=N\N1C=CC(Oc2cc(F)c(Nc3ncnc4cc5c(nc34)N(CCCCC)CC(C)CC5)cc2C)=CC1. The highest BCUT2D eigenvalue weighted by molar-refractivity contribution is 5.89. The number of nitrogens with one attached hydrogen (secondary N) is 1. The fourth-order valence-corrected chi connectivity index (χ4v) is 5.18. The van der Waals surface area contributed by atoms with Crippen molar-refractivity contribution in [2.24, 2.45) is 11.0 Å². The van der Waals surface area contributed by atoms with Gasteiger partial charge in [0.15, 0.2) is 5.82 Å². The molecule has 2 aliphatic heterocycles. The van der Waals surface area contributed by atoms with E-state index in [0.29, 0.717) is 41.0 Å². The van der Waals surface area contributed by atoms with Gasteiger partial charge in [0.1, 0.15) is 35.0 Å². The topological polar surface area (TPSA) is 78.8 Å². The van der Waals surface area contributed by atoms with Gasteiger partial charge in [-0.05, 0) is 74.4 Å². The molecule has 0 fully saturated rings. The molecule has 1 aromatic carbocycles. The molecule has 0 spiro atoms. The molecular formula is C31H38FN7O. The van der Waals surface area contributed by atoms with Gasteiger partial charge in [-0.2, -0.15) is 5.10 Å². The highest BCUT2D eigenvalue weighted by Crippen LogP contribution is 2.34. The maximum Gasteiger partial charge on any atom is 0.160 e. The molecule has 0 aliphatic carbocycles. The van der Waals surface area contributed by atoms with Crippen molar-refractivity contribution >= 4 is 34.6 Å². The molecule has 0 amide bonds.